The Morgan fingerprint density at radius 3 is 1.71 bits per heavy atom. The van der Waals surface area contributed by atoms with Crippen molar-refractivity contribution in [3.63, 3.8) is 0 Å². The third-order valence-corrected chi connectivity index (χ3v) is 3.86. The summed E-state index contributed by atoms with van der Waals surface area (Å²) in [4.78, 5) is 0. The Kier molecular flexibility index (Phi) is 3.13. The Labute approximate surface area is 87.5 Å². The monoisotopic (exact) mass is 197 g/mol. The van der Waals surface area contributed by atoms with Gasteiger partial charge < -0.3 is 9.85 Å². The summed E-state index contributed by atoms with van der Waals surface area (Å²) in [6.45, 7) is 4.59. The summed E-state index contributed by atoms with van der Waals surface area (Å²) in [5.41, 5.74) is 0. The topological polar surface area (TPSA) is 23.1 Å². The normalized spacial score (nSPS) is 22.7. The van der Waals surface area contributed by atoms with Crippen molar-refractivity contribution in [2.75, 3.05) is 19.6 Å². The van der Waals surface area contributed by atoms with Crippen molar-refractivity contribution >= 4 is 0 Å². The van der Waals surface area contributed by atoms with Gasteiger partial charge in [0, 0.05) is 0 Å². The molecule has 0 heterocycles. The van der Waals surface area contributed by atoms with Gasteiger partial charge in [-0.2, -0.15) is 0 Å². The molecule has 2 aliphatic carbocycles. The fourth-order valence-corrected chi connectivity index (χ4v) is 2.08. The summed E-state index contributed by atoms with van der Waals surface area (Å²) in [5.74, 6) is 1.82. The Balaban J connectivity index is 1.67. The summed E-state index contributed by atoms with van der Waals surface area (Å²) in [5, 5.41) is 12.3. The lowest BCUT2D eigenvalue weighted by molar-refractivity contribution is -0.879. The molecule has 2 aliphatic rings. The molecular weight excluding hydrogens is 174 g/mol. The van der Waals surface area contributed by atoms with Crippen LogP contribution >= 0.6 is 0 Å². The van der Waals surface area contributed by atoms with E-state index in [1.165, 1.54) is 38.5 Å². The average Bonchev–Trinajstić information content (AvgIpc) is 3.05. The number of nitrogens with zero attached hydrogens (tertiary/aromatic N) is 1. The van der Waals surface area contributed by atoms with Gasteiger partial charge in [0.1, 0.15) is 0 Å². The van der Waals surface area contributed by atoms with E-state index in [1.807, 2.05) is 6.92 Å². The zero-order chi connectivity index (χ0) is 10.0. The quantitative estimate of drug-likeness (QED) is 0.454. The lowest BCUT2D eigenvalue weighted by atomic mass is 10.2. The Morgan fingerprint density at radius 1 is 1.00 bits per heavy atom. The van der Waals surface area contributed by atoms with Crippen LogP contribution in [0.15, 0.2) is 0 Å². The van der Waals surface area contributed by atoms with Crippen LogP contribution < -0.4 is 0 Å². The Morgan fingerprint density at radius 2 is 1.43 bits per heavy atom. The second kappa shape index (κ2) is 4.19. The molecule has 2 nitrogen and oxygen atoms in total. The predicted molar refractivity (Wildman–Crippen MR) is 58.6 cm³/mol. The number of hydroxylamine groups is 3. The van der Waals surface area contributed by atoms with Gasteiger partial charge in [0.05, 0.1) is 19.6 Å². The zero-order valence-corrected chi connectivity index (χ0v) is 9.37. The van der Waals surface area contributed by atoms with E-state index in [9.17, 15) is 5.21 Å². The second-order valence-corrected chi connectivity index (χ2v) is 5.29. The molecule has 82 valence electrons. The zero-order valence-electron chi connectivity index (χ0n) is 9.37. The predicted octanol–water partition coefficient (Wildman–Crippen LogP) is 2.92. The van der Waals surface area contributed by atoms with Crippen molar-refractivity contribution in [2.45, 2.75) is 45.4 Å². The lowest BCUT2D eigenvalue weighted by Crippen LogP contribution is -2.43. The average molecular weight is 197 g/mol. The highest BCUT2D eigenvalue weighted by Crippen LogP contribution is 2.35. The standard InChI is InChI=1S/C12H23NO/c1-2-13(14,9-7-11-3-4-11)10-8-12-5-6-12/h11-12H,2-10H2,1H3. The molecule has 0 amide bonds. The van der Waals surface area contributed by atoms with Crippen LogP contribution in [0.2, 0.25) is 0 Å². The van der Waals surface area contributed by atoms with Gasteiger partial charge in [0.25, 0.3) is 0 Å². The highest BCUT2D eigenvalue weighted by Gasteiger charge is 2.27. The molecule has 0 aliphatic heterocycles. The largest absolute Gasteiger partial charge is 0.633 e. The van der Waals surface area contributed by atoms with E-state index in [0.29, 0.717) is 0 Å². The molecule has 2 heteroatoms. The van der Waals surface area contributed by atoms with Crippen molar-refractivity contribution in [3.8, 4) is 0 Å². The summed E-state index contributed by atoms with van der Waals surface area (Å²) >= 11 is 0. The summed E-state index contributed by atoms with van der Waals surface area (Å²) in [7, 11) is 0. The van der Waals surface area contributed by atoms with E-state index < -0.39 is 0 Å². The molecule has 2 fully saturated rings. The van der Waals surface area contributed by atoms with Gasteiger partial charge in [-0.15, -0.1) is 0 Å². The highest BCUT2D eigenvalue weighted by atomic mass is 16.5. The van der Waals surface area contributed by atoms with Crippen LogP contribution in [0.25, 0.3) is 0 Å². The second-order valence-electron chi connectivity index (χ2n) is 5.29. The van der Waals surface area contributed by atoms with E-state index in [-0.39, 0.29) is 4.65 Å². The van der Waals surface area contributed by atoms with Crippen molar-refractivity contribution < 1.29 is 4.65 Å². The van der Waals surface area contributed by atoms with E-state index in [1.54, 1.807) is 0 Å². The van der Waals surface area contributed by atoms with Gasteiger partial charge >= 0.3 is 0 Å². The first-order valence-corrected chi connectivity index (χ1v) is 6.29. The van der Waals surface area contributed by atoms with Gasteiger partial charge in [-0.05, 0) is 57.3 Å². The first-order valence-electron chi connectivity index (χ1n) is 6.29. The molecule has 0 aromatic heterocycles. The SMILES string of the molecule is CC[N+]([O-])(CCC1CC1)CCC1CC1. The number of quaternary nitrogens is 1. The lowest BCUT2D eigenvalue weighted by Gasteiger charge is -2.42. The fraction of sp³-hybridized carbons (Fsp3) is 1.00. The van der Waals surface area contributed by atoms with Gasteiger partial charge in [-0.3, -0.25) is 0 Å². The fourth-order valence-electron chi connectivity index (χ4n) is 2.08. The maximum Gasteiger partial charge on any atom is 0.0786 e. The first kappa shape index (κ1) is 10.4. The Hall–Kier alpha value is -0.0800. The molecule has 0 N–H and O–H groups in total. The van der Waals surface area contributed by atoms with Crippen LogP contribution in [0.1, 0.15) is 45.4 Å². The summed E-state index contributed by atoms with van der Waals surface area (Å²) in [6.07, 6.45) is 7.89. The molecule has 0 atom stereocenters. The summed E-state index contributed by atoms with van der Waals surface area (Å²) < 4.78 is 0.0903. The van der Waals surface area contributed by atoms with Crippen LogP contribution in [0.3, 0.4) is 0 Å². The van der Waals surface area contributed by atoms with Gasteiger partial charge in [0.2, 0.25) is 0 Å². The van der Waals surface area contributed by atoms with Gasteiger partial charge in [0.15, 0.2) is 0 Å². The van der Waals surface area contributed by atoms with Crippen molar-refractivity contribution in [1.82, 2.24) is 0 Å². The number of hydrogen-bond donors (Lipinski definition) is 0. The molecule has 2 rings (SSSR count). The first-order chi connectivity index (χ1) is 6.72. The number of rotatable bonds is 7. The van der Waals surface area contributed by atoms with Crippen molar-refractivity contribution in [2.24, 2.45) is 11.8 Å². The maximum atomic E-state index is 12.3. The van der Waals surface area contributed by atoms with Crippen LogP contribution in [0, 0.1) is 17.0 Å². The third kappa shape index (κ3) is 3.25. The van der Waals surface area contributed by atoms with Crippen LogP contribution in [0.5, 0.6) is 0 Å². The maximum absolute atomic E-state index is 12.3. The van der Waals surface area contributed by atoms with E-state index in [4.69, 9.17) is 0 Å². The molecule has 0 spiro atoms. The van der Waals surface area contributed by atoms with E-state index in [0.717, 1.165) is 31.5 Å². The molecule has 14 heavy (non-hydrogen) atoms. The van der Waals surface area contributed by atoms with Gasteiger partial charge in [-0.1, -0.05) is 0 Å². The van der Waals surface area contributed by atoms with Crippen LogP contribution in [-0.2, 0) is 0 Å². The van der Waals surface area contributed by atoms with E-state index in [2.05, 4.69) is 0 Å². The van der Waals surface area contributed by atoms with Crippen LogP contribution in [-0.4, -0.2) is 24.3 Å². The third-order valence-electron chi connectivity index (χ3n) is 3.86. The molecular formula is C12H23NO. The molecule has 0 unspecified atom stereocenters. The molecule has 0 aromatic rings. The minimum absolute atomic E-state index is 0.0903. The minimum Gasteiger partial charge on any atom is -0.633 e. The molecule has 0 bridgehead atoms. The molecule has 0 radical (unpaired) electrons. The van der Waals surface area contributed by atoms with Crippen molar-refractivity contribution in [3.05, 3.63) is 5.21 Å². The summed E-state index contributed by atoms with van der Waals surface area (Å²) in [6, 6.07) is 0. The molecule has 2 saturated carbocycles. The van der Waals surface area contributed by atoms with Gasteiger partial charge in [-0.25, -0.2) is 0 Å². The molecule has 0 aromatic carbocycles. The van der Waals surface area contributed by atoms with Crippen LogP contribution in [0.4, 0.5) is 0 Å². The smallest absolute Gasteiger partial charge is 0.0786 e. The minimum atomic E-state index is 0.0903. The highest BCUT2D eigenvalue weighted by molar-refractivity contribution is 4.74. The number of hydrogen-bond acceptors (Lipinski definition) is 1. The molecule has 0 saturated heterocycles. The van der Waals surface area contributed by atoms with E-state index >= 15 is 0 Å². The Bertz CT molecular complexity index is 169. The van der Waals surface area contributed by atoms with Crippen molar-refractivity contribution in [1.29, 1.82) is 0 Å².